The van der Waals surface area contributed by atoms with E-state index in [4.69, 9.17) is 4.74 Å². The summed E-state index contributed by atoms with van der Waals surface area (Å²) in [6.45, 7) is 0. The largest absolute Gasteiger partial charge is 0.462 e. The predicted octanol–water partition coefficient (Wildman–Crippen LogP) is 3.35. The smallest absolute Gasteiger partial charge is 0.306 e. The first kappa shape index (κ1) is 12.9. The fraction of sp³-hybridized carbons (Fsp3) is 0.917. The molecule has 0 aromatic rings. The lowest BCUT2D eigenvalue weighted by molar-refractivity contribution is -0.150. The molecule has 0 N–H and O–H groups in total. The summed E-state index contributed by atoms with van der Waals surface area (Å²) in [6, 6.07) is 0. The molecule has 1 aliphatic carbocycles. The van der Waals surface area contributed by atoms with Crippen molar-refractivity contribution in [2.45, 2.75) is 63.9 Å². The average molecular weight is 230 g/mol. The molecular weight excluding hydrogens is 208 g/mol. The van der Waals surface area contributed by atoms with E-state index in [0.29, 0.717) is 6.42 Å². The molecule has 0 saturated heterocycles. The molecule has 15 heavy (non-hydrogen) atoms. The molecule has 0 aromatic carbocycles. The van der Waals surface area contributed by atoms with Gasteiger partial charge in [0.05, 0.1) is 0 Å². The highest BCUT2D eigenvalue weighted by atomic mass is 32.1. The van der Waals surface area contributed by atoms with Gasteiger partial charge in [0.1, 0.15) is 6.10 Å². The van der Waals surface area contributed by atoms with Gasteiger partial charge < -0.3 is 4.74 Å². The highest BCUT2D eigenvalue weighted by molar-refractivity contribution is 7.80. The van der Waals surface area contributed by atoms with Crippen LogP contribution in [-0.4, -0.2) is 17.8 Å². The molecule has 3 heteroatoms. The van der Waals surface area contributed by atoms with Gasteiger partial charge in [0.2, 0.25) is 0 Å². The molecule has 0 bridgehead atoms. The summed E-state index contributed by atoms with van der Waals surface area (Å²) in [6.07, 6.45) is 9.83. The third kappa shape index (κ3) is 6.08. The SMILES string of the molecule is O=C(CCCCCS)OC1CCCCC1. The minimum absolute atomic E-state index is 0.000985. The van der Waals surface area contributed by atoms with E-state index in [1.807, 2.05) is 0 Å². The van der Waals surface area contributed by atoms with E-state index in [9.17, 15) is 4.79 Å². The monoisotopic (exact) mass is 230 g/mol. The lowest BCUT2D eigenvalue weighted by Gasteiger charge is -2.21. The van der Waals surface area contributed by atoms with Crippen LogP contribution >= 0.6 is 12.6 Å². The van der Waals surface area contributed by atoms with E-state index in [1.165, 1.54) is 19.3 Å². The zero-order valence-electron chi connectivity index (χ0n) is 9.41. The van der Waals surface area contributed by atoms with Crippen molar-refractivity contribution < 1.29 is 9.53 Å². The van der Waals surface area contributed by atoms with E-state index in [2.05, 4.69) is 12.6 Å². The topological polar surface area (TPSA) is 26.3 Å². The Morgan fingerprint density at radius 2 is 1.87 bits per heavy atom. The quantitative estimate of drug-likeness (QED) is 0.430. The standard InChI is InChI=1S/C12H22O2S/c13-12(9-5-2-6-10-15)14-11-7-3-1-4-8-11/h11,15H,1-10H2. The zero-order valence-corrected chi connectivity index (χ0v) is 10.3. The lowest BCUT2D eigenvalue weighted by Crippen LogP contribution is -2.20. The summed E-state index contributed by atoms with van der Waals surface area (Å²) in [5, 5.41) is 0. The summed E-state index contributed by atoms with van der Waals surface area (Å²) in [7, 11) is 0. The zero-order chi connectivity index (χ0) is 10.9. The van der Waals surface area contributed by atoms with E-state index in [1.54, 1.807) is 0 Å². The first-order valence-corrected chi connectivity index (χ1v) is 6.76. The summed E-state index contributed by atoms with van der Waals surface area (Å²) >= 11 is 4.14. The van der Waals surface area contributed by atoms with Gasteiger partial charge in [-0.2, -0.15) is 12.6 Å². The summed E-state index contributed by atoms with van der Waals surface area (Å²) < 4.78 is 5.41. The van der Waals surface area contributed by atoms with E-state index >= 15 is 0 Å². The second kappa shape index (κ2) is 8.03. The third-order valence-corrected chi connectivity index (χ3v) is 3.21. The number of esters is 1. The van der Waals surface area contributed by atoms with Gasteiger partial charge >= 0.3 is 5.97 Å². The van der Waals surface area contributed by atoms with Gasteiger partial charge in [0.15, 0.2) is 0 Å². The molecule has 0 atom stereocenters. The van der Waals surface area contributed by atoms with Crippen LogP contribution in [0.15, 0.2) is 0 Å². The lowest BCUT2D eigenvalue weighted by atomic mass is 9.98. The minimum Gasteiger partial charge on any atom is -0.462 e. The average Bonchev–Trinajstić information content (AvgIpc) is 2.26. The number of carbonyl (C=O) groups excluding carboxylic acids is 1. The molecule has 0 amide bonds. The molecule has 1 fully saturated rings. The van der Waals surface area contributed by atoms with Gasteiger partial charge in [0, 0.05) is 6.42 Å². The highest BCUT2D eigenvalue weighted by Crippen LogP contribution is 2.20. The van der Waals surface area contributed by atoms with E-state index in [0.717, 1.165) is 37.9 Å². The number of rotatable bonds is 6. The number of ether oxygens (including phenoxy) is 1. The number of hydrogen-bond acceptors (Lipinski definition) is 3. The van der Waals surface area contributed by atoms with Crippen molar-refractivity contribution in [1.29, 1.82) is 0 Å². The molecule has 1 saturated carbocycles. The van der Waals surface area contributed by atoms with Crippen LogP contribution in [0.4, 0.5) is 0 Å². The maximum Gasteiger partial charge on any atom is 0.306 e. The van der Waals surface area contributed by atoms with Crippen molar-refractivity contribution in [3.8, 4) is 0 Å². The number of hydrogen-bond donors (Lipinski definition) is 1. The van der Waals surface area contributed by atoms with Crippen LogP contribution in [0, 0.1) is 0 Å². The Morgan fingerprint density at radius 1 is 1.13 bits per heavy atom. The molecule has 88 valence electrons. The van der Waals surface area contributed by atoms with Gasteiger partial charge in [-0.25, -0.2) is 0 Å². The Labute approximate surface area is 98.2 Å². The molecule has 1 aliphatic rings. The van der Waals surface area contributed by atoms with Crippen molar-refractivity contribution in [1.82, 2.24) is 0 Å². The molecule has 1 rings (SSSR count). The molecule has 0 spiro atoms. The maximum atomic E-state index is 11.4. The number of thiol groups is 1. The Kier molecular flexibility index (Phi) is 6.90. The first-order valence-electron chi connectivity index (χ1n) is 6.13. The van der Waals surface area contributed by atoms with Gasteiger partial charge in [-0.3, -0.25) is 4.79 Å². The normalized spacial score (nSPS) is 17.7. The van der Waals surface area contributed by atoms with Crippen LogP contribution in [0.25, 0.3) is 0 Å². The van der Waals surface area contributed by atoms with Crippen molar-refractivity contribution in [2.24, 2.45) is 0 Å². The summed E-state index contributed by atoms with van der Waals surface area (Å²) in [4.78, 5) is 11.4. The number of unbranched alkanes of at least 4 members (excludes halogenated alkanes) is 2. The molecule has 0 unspecified atom stereocenters. The van der Waals surface area contributed by atoms with Gasteiger partial charge in [0.25, 0.3) is 0 Å². The Hall–Kier alpha value is -0.180. The first-order chi connectivity index (χ1) is 7.33. The summed E-state index contributed by atoms with van der Waals surface area (Å²) in [5.74, 6) is 0.915. The molecule has 0 heterocycles. The maximum absolute atomic E-state index is 11.4. The van der Waals surface area contributed by atoms with Gasteiger partial charge in [-0.15, -0.1) is 0 Å². The molecule has 0 aliphatic heterocycles. The van der Waals surface area contributed by atoms with Crippen LogP contribution in [0.2, 0.25) is 0 Å². The van der Waals surface area contributed by atoms with E-state index in [-0.39, 0.29) is 12.1 Å². The van der Waals surface area contributed by atoms with Gasteiger partial charge in [-0.1, -0.05) is 12.8 Å². The van der Waals surface area contributed by atoms with Crippen molar-refractivity contribution in [3.05, 3.63) is 0 Å². The molecule has 0 radical (unpaired) electrons. The fourth-order valence-electron chi connectivity index (χ4n) is 1.99. The summed E-state index contributed by atoms with van der Waals surface area (Å²) in [5.41, 5.74) is 0. The van der Waals surface area contributed by atoms with Crippen LogP contribution < -0.4 is 0 Å². The Balaban J connectivity index is 2.01. The number of carbonyl (C=O) groups is 1. The van der Waals surface area contributed by atoms with Crippen LogP contribution in [-0.2, 0) is 9.53 Å². The van der Waals surface area contributed by atoms with Crippen molar-refractivity contribution in [2.75, 3.05) is 5.75 Å². The van der Waals surface area contributed by atoms with Crippen molar-refractivity contribution in [3.63, 3.8) is 0 Å². The van der Waals surface area contributed by atoms with Crippen LogP contribution in [0.5, 0.6) is 0 Å². The predicted molar refractivity (Wildman–Crippen MR) is 65.3 cm³/mol. The second-order valence-electron chi connectivity index (χ2n) is 4.28. The second-order valence-corrected chi connectivity index (χ2v) is 4.73. The fourth-order valence-corrected chi connectivity index (χ4v) is 2.21. The highest BCUT2D eigenvalue weighted by Gasteiger charge is 2.16. The van der Waals surface area contributed by atoms with E-state index < -0.39 is 0 Å². The molecule has 0 aromatic heterocycles. The third-order valence-electron chi connectivity index (χ3n) is 2.89. The Bertz CT molecular complexity index is 176. The Morgan fingerprint density at radius 3 is 2.53 bits per heavy atom. The van der Waals surface area contributed by atoms with Crippen LogP contribution in [0.3, 0.4) is 0 Å². The van der Waals surface area contributed by atoms with Gasteiger partial charge in [-0.05, 0) is 44.3 Å². The van der Waals surface area contributed by atoms with Crippen molar-refractivity contribution >= 4 is 18.6 Å². The molecule has 2 nitrogen and oxygen atoms in total. The minimum atomic E-state index is 0.000985. The van der Waals surface area contributed by atoms with Crippen LogP contribution in [0.1, 0.15) is 57.8 Å². The molecular formula is C12H22O2S.